The molecule has 0 aliphatic carbocycles. The van der Waals surface area contributed by atoms with E-state index in [0.29, 0.717) is 19.6 Å². The van der Waals surface area contributed by atoms with Crippen molar-refractivity contribution in [2.24, 2.45) is 0 Å². The number of nitrogens with one attached hydrogen (secondary N) is 1. The molecule has 1 aliphatic rings. The van der Waals surface area contributed by atoms with Crippen LogP contribution in [-0.2, 0) is 17.6 Å². The summed E-state index contributed by atoms with van der Waals surface area (Å²) in [6.07, 6.45) is 2.25. The quantitative estimate of drug-likeness (QED) is 0.887. The molecule has 0 saturated heterocycles. The SMILES string of the molecule is C[C@H](CCc1ccccc1)NC(=O)Cc1ccc2c(c1)OCCO2. The van der Waals surface area contributed by atoms with E-state index in [2.05, 4.69) is 17.4 Å². The summed E-state index contributed by atoms with van der Waals surface area (Å²) in [7, 11) is 0. The third-order valence-electron chi connectivity index (χ3n) is 4.09. The van der Waals surface area contributed by atoms with Gasteiger partial charge in [0.1, 0.15) is 13.2 Å². The van der Waals surface area contributed by atoms with Crippen molar-refractivity contribution < 1.29 is 14.3 Å². The molecule has 4 nitrogen and oxygen atoms in total. The Balaban J connectivity index is 1.48. The summed E-state index contributed by atoms with van der Waals surface area (Å²) < 4.78 is 11.1. The third-order valence-corrected chi connectivity index (χ3v) is 4.09. The van der Waals surface area contributed by atoms with E-state index in [1.54, 1.807) is 0 Å². The van der Waals surface area contributed by atoms with Crippen molar-refractivity contribution in [1.82, 2.24) is 5.32 Å². The lowest BCUT2D eigenvalue weighted by Crippen LogP contribution is -2.34. The van der Waals surface area contributed by atoms with Crippen LogP contribution in [0.25, 0.3) is 0 Å². The minimum Gasteiger partial charge on any atom is -0.486 e. The molecule has 0 bridgehead atoms. The molecule has 0 fully saturated rings. The van der Waals surface area contributed by atoms with E-state index in [0.717, 1.165) is 29.9 Å². The average molecular weight is 325 g/mol. The van der Waals surface area contributed by atoms with Crippen LogP contribution in [0, 0.1) is 0 Å². The summed E-state index contributed by atoms with van der Waals surface area (Å²) in [6.45, 7) is 3.18. The van der Waals surface area contributed by atoms with E-state index in [-0.39, 0.29) is 11.9 Å². The van der Waals surface area contributed by atoms with Gasteiger partial charge in [0.15, 0.2) is 11.5 Å². The summed E-state index contributed by atoms with van der Waals surface area (Å²) in [4.78, 5) is 12.2. The molecule has 4 heteroatoms. The molecule has 1 aliphatic heterocycles. The Morgan fingerprint density at radius 2 is 1.79 bits per heavy atom. The molecule has 1 amide bonds. The number of carbonyl (C=O) groups is 1. The van der Waals surface area contributed by atoms with Gasteiger partial charge in [-0.1, -0.05) is 36.4 Å². The van der Waals surface area contributed by atoms with Crippen LogP contribution in [0.3, 0.4) is 0 Å². The van der Waals surface area contributed by atoms with E-state index in [1.165, 1.54) is 5.56 Å². The molecule has 1 N–H and O–H groups in total. The standard InChI is InChI=1S/C20H23NO3/c1-15(7-8-16-5-3-2-4-6-16)21-20(22)14-17-9-10-18-19(13-17)24-12-11-23-18/h2-6,9-10,13,15H,7-8,11-12,14H2,1H3,(H,21,22)/t15-/m1/s1. The molecule has 3 rings (SSSR count). The molecule has 0 unspecified atom stereocenters. The minimum absolute atomic E-state index is 0.0345. The van der Waals surface area contributed by atoms with Crippen LogP contribution in [0.15, 0.2) is 48.5 Å². The number of benzene rings is 2. The normalized spacial score (nSPS) is 14.0. The van der Waals surface area contributed by atoms with Gasteiger partial charge in [0, 0.05) is 6.04 Å². The predicted octanol–water partition coefficient (Wildman–Crippen LogP) is 3.14. The molecule has 2 aromatic rings. The molecule has 0 spiro atoms. The number of amides is 1. The Kier molecular flexibility index (Phi) is 5.36. The Morgan fingerprint density at radius 3 is 2.58 bits per heavy atom. The fraction of sp³-hybridized carbons (Fsp3) is 0.350. The summed E-state index contributed by atoms with van der Waals surface area (Å²) in [5, 5.41) is 3.07. The highest BCUT2D eigenvalue weighted by molar-refractivity contribution is 5.79. The number of fused-ring (bicyclic) bond motifs is 1. The summed E-state index contributed by atoms with van der Waals surface area (Å²) in [5.41, 5.74) is 2.23. The topological polar surface area (TPSA) is 47.6 Å². The second kappa shape index (κ2) is 7.86. The average Bonchev–Trinajstić information content (AvgIpc) is 2.60. The van der Waals surface area contributed by atoms with Crippen LogP contribution in [0.1, 0.15) is 24.5 Å². The van der Waals surface area contributed by atoms with Crippen molar-refractivity contribution in [2.45, 2.75) is 32.2 Å². The van der Waals surface area contributed by atoms with Crippen LogP contribution in [0.5, 0.6) is 11.5 Å². The fourth-order valence-electron chi connectivity index (χ4n) is 2.81. The Hall–Kier alpha value is -2.49. The molecule has 24 heavy (non-hydrogen) atoms. The summed E-state index contributed by atoms with van der Waals surface area (Å²) >= 11 is 0. The molecular formula is C20H23NO3. The maximum atomic E-state index is 12.2. The van der Waals surface area contributed by atoms with Gasteiger partial charge >= 0.3 is 0 Å². The second-order valence-electron chi connectivity index (χ2n) is 6.15. The van der Waals surface area contributed by atoms with Crippen molar-refractivity contribution in [2.75, 3.05) is 13.2 Å². The molecule has 126 valence electrons. The zero-order valence-electron chi connectivity index (χ0n) is 14.0. The fourth-order valence-corrected chi connectivity index (χ4v) is 2.81. The lowest BCUT2D eigenvalue weighted by Gasteiger charge is -2.19. The first-order valence-corrected chi connectivity index (χ1v) is 8.42. The second-order valence-corrected chi connectivity index (χ2v) is 6.15. The van der Waals surface area contributed by atoms with Crippen molar-refractivity contribution in [1.29, 1.82) is 0 Å². The van der Waals surface area contributed by atoms with E-state index >= 15 is 0 Å². The lowest BCUT2D eigenvalue weighted by atomic mass is 10.1. The Morgan fingerprint density at radius 1 is 1.04 bits per heavy atom. The highest BCUT2D eigenvalue weighted by Gasteiger charge is 2.14. The van der Waals surface area contributed by atoms with Gasteiger partial charge in [-0.2, -0.15) is 0 Å². The molecular weight excluding hydrogens is 302 g/mol. The van der Waals surface area contributed by atoms with Crippen molar-refractivity contribution in [3.8, 4) is 11.5 Å². The molecule has 0 radical (unpaired) electrons. The molecule has 1 heterocycles. The van der Waals surface area contributed by atoms with Crippen molar-refractivity contribution >= 4 is 5.91 Å². The van der Waals surface area contributed by atoms with Gasteiger partial charge in [-0.15, -0.1) is 0 Å². The van der Waals surface area contributed by atoms with Crippen molar-refractivity contribution in [3.63, 3.8) is 0 Å². The molecule has 0 aromatic heterocycles. The maximum absolute atomic E-state index is 12.2. The van der Waals surface area contributed by atoms with Gasteiger partial charge in [-0.3, -0.25) is 4.79 Å². The lowest BCUT2D eigenvalue weighted by molar-refractivity contribution is -0.121. The summed E-state index contributed by atoms with van der Waals surface area (Å²) in [6, 6.07) is 16.2. The largest absolute Gasteiger partial charge is 0.486 e. The highest BCUT2D eigenvalue weighted by Crippen LogP contribution is 2.30. The zero-order valence-corrected chi connectivity index (χ0v) is 14.0. The van der Waals surface area contributed by atoms with E-state index < -0.39 is 0 Å². The smallest absolute Gasteiger partial charge is 0.224 e. The predicted molar refractivity (Wildman–Crippen MR) is 93.5 cm³/mol. The van der Waals surface area contributed by atoms with E-state index in [1.807, 2.05) is 43.3 Å². The molecule has 0 saturated carbocycles. The highest BCUT2D eigenvalue weighted by atomic mass is 16.6. The van der Waals surface area contributed by atoms with Gasteiger partial charge < -0.3 is 14.8 Å². The van der Waals surface area contributed by atoms with Crippen LogP contribution < -0.4 is 14.8 Å². The number of ether oxygens (including phenoxy) is 2. The van der Waals surface area contributed by atoms with Crippen LogP contribution in [-0.4, -0.2) is 25.2 Å². The van der Waals surface area contributed by atoms with Gasteiger partial charge in [0.25, 0.3) is 0 Å². The number of aryl methyl sites for hydroxylation is 1. The molecule has 1 atom stereocenters. The monoisotopic (exact) mass is 325 g/mol. The van der Waals surface area contributed by atoms with Crippen molar-refractivity contribution in [3.05, 3.63) is 59.7 Å². The van der Waals surface area contributed by atoms with Crippen LogP contribution in [0.4, 0.5) is 0 Å². The third kappa shape index (κ3) is 4.51. The van der Waals surface area contributed by atoms with Gasteiger partial charge in [0.2, 0.25) is 5.91 Å². The van der Waals surface area contributed by atoms with Gasteiger partial charge in [-0.25, -0.2) is 0 Å². The first kappa shape index (κ1) is 16.4. The van der Waals surface area contributed by atoms with E-state index in [4.69, 9.17) is 9.47 Å². The van der Waals surface area contributed by atoms with Crippen LogP contribution >= 0.6 is 0 Å². The first-order valence-electron chi connectivity index (χ1n) is 8.42. The Labute approximate surface area is 142 Å². The number of hydrogen-bond acceptors (Lipinski definition) is 3. The van der Waals surface area contributed by atoms with Crippen LogP contribution in [0.2, 0.25) is 0 Å². The zero-order chi connectivity index (χ0) is 16.8. The van der Waals surface area contributed by atoms with Gasteiger partial charge in [-0.05, 0) is 43.0 Å². The molecule has 2 aromatic carbocycles. The number of hydrogen-bond donors (Lipinski definition) is 1. The number of rotatable bonds is 6. The van der Waals surface area contributed by atoms with Gasteiger partial charge in [0.05, 0.1) is 6.42 Å². The number of carbonyl (C=O) groups excluding carboxylic acids is 1. The summed E-state index contributed by atoms with van der Waals surface area (Å²) in [5.74, 6) is 1.51. The first-order chi connectivity index (χ1) is 11.7. The Bertz CT molecular complexity index is 685. The maximum Gasteiger partial charge on any atom is 0.224 e. The minimum atomic E-state index is 0.0345. The van der Waals surface area contributed by atoms with E-state index in [9.17, 15) is 4.79 Å².